The van der Waals surface area contributed by atoms with E-state index in [0.717, 1.165) is 0 Å². The van der Waals surface area contributed by atoms with Gasteiger partial charge in [0.05, 0.1) is 18.3 Å². The number of H-pyrrole nitrogens is 1. The number of fused-ring (bicyclic) bond motifs is 1. The van der Waals surface area contributed by atoms with Crippen LogP contribution in [0.3, 0.4) is 0 Å². The number of aromatic nitrogens is 3. The lowest BCUT2D eigenvalue weighted by atomic mass is 10.1. The van der Waals surface area contributed by atoms with Gasteiger partial charge in [-0.2, -0.15) is 0 Å². The third kappa shape index (κ3) is 2.01. The molecule has 1 fully saturated rings. The number of hydrogen-bond donors (Lipinski definition) is 4. The Bertz CT molecular complexity index is 703. The van der Waals surface area contributed by atoms with Gasteiger partial charge in [0, 0.05) is 10.7 Å². The predicted octanol–water partition coefficient (Wildman–Crippen LogP) is 0.468. The van der Waals surface area contributed by atoms with Gasteiger partial charge in [-0.1, -0.05) is 12.2 Å². The second-order valence-electron chi connectivity index (χ2n) is 4.54. The van der Waals surface area contributed by atoms with E-state index >= 15 is 0 Å². The smallest absolute Gasteiger partial charge is 0.164 e. The summed E-state index contributed by atoms with van der Waals surface area (Å²) in [5, 5.41) is 29.7. The van der Waals surface area contributed by atoms with Crippen LogP contribution in [0.5, 0.6) is 0 Å². The first-order valence-corrected chi connectivity index (χ1v) is 7.11. The zero-order valence-electron chi connectivity index (χ0n) is 10.1. The van der Waals surface area contributed by atoms with Crippen molar-refractivity contribution in [2.24, 2.45) is 0 Å². The second kappa shape index (κ2) is 5.17. The summed E-state index contributed by atoms with van der Waals surface area (Å²) in [5.74, 6) is 0. The third-order valence-corrected chi connectivity index (χ3v) is 4.29. The van der Waals surface area contributed by atoms with E-state index in [-0.39, 0.29) is 6.61 Å². The highest BCUT2D eigenvalue weighted by Gasteiger charge is 2.43. The molecule has 108 valence electrons. The van der Waals surface area contributed by atoms with Crippen LogP contribution in [0.25, 0.3) is 11.0 Å². The van der Waals surface area contributed by atoms with Crippen LogP contribution in [0, 0.1) is 4.64 Å². The molecule has 1 aliphatic rings. The molecule has 20 heavy (non-hydrogen) atoms. The molecule has 9 heteroatoms. The Morgan fingerprint density at radius 2 is 2.20 bits per heavy atom. The van der Waals surface area contributed by atoms with E-state index in [0.29, 0.717) is 20.1 Å². The van der Waals surface area contributed by atoms with Crippen molar-refractivity contribution >= 4 is 39.2 Å². The Kier molecular flexibility index (Phi) is 3.65. The minimum absolute atomic E-state index is 0.368. The lowest BCUT2D eigenvalue weighted by Crippen LogP contribution is -2.33. The average Bonchev–Trinajstić information content (AvgIpc) is 2.90. The van der Waals surface area contributed by atoms with Crippen molar-refractivity contribution in [3.8, 4) is 0 Å². The zero-order valence-corrected chi connectivity index (χ0v) is 12.5. The summed E-state index contributed by atoms with van der Waals surface area (Å²) < 4.78 is 8.25. The topological polar surface area (TPSA) is 104 Å². The highest BCUT2D eigenvalue weighted by Crippen LogP contribution is 2.34. The summed E-state index contributed by atoms with van der Waals surface area (Å²) in [5.41, 5.74) is 0.617. The Morgan fingerprint density at radius 3 is 2.85 bits per heavy atom. The van der Waals surface area contributed by atoms with Gasteiger partial charge in [0.1, 0.15) is 28.6 Å². The van der Waals surface area contributed by atoms with Crippen LogP contribution < -0.4 is 0 Å². The van der Waals surface area contributed by atoms with Crippen LogP contribution in [0.4, 0.5) is 0 Å². The van der Waals surface area contributed by atoms with Crippen molar-refractivity contribution in [3.05, 3.63) is 21.6 Å². The Hall–Kier alpha value is -0.840. The minimum atomic E-state index is -1.15. The SMILES string of the molecule is OC[C@@H]1O[C@@H](n2cc(Br)c3c(=S)nc[nH]c32)[C@H](O)[C@@H]1O. The first kappa shape index (κ1) is 14.1. The van der Waals surface area contributed by atoms with E-state index in [1.165, 1.54) is 6.33 Å². The quantitative estimate of drug-likeness (QED) is 0.579. The van der Waals surface area contributed by atoms with Gasteiger partial charge in [-0.05, 0) is 15.9 Å². The largest absolute Gasteiger partial charge is 0.394 e. The molecule has 1 aliphatic heterocycles. The molecule has 3 heterocycles. The molecule has 4 atom stereocenters. The summed E-state index contributed by atoms with van der Waals surface area (Å²) in [6.45, 7) is -0.368. The van der Waals surface area contributed by atoms with Gasteiger partial charge in [0.25, 0.3) is 0 Å². The number of aliphatic hydroxyl groups is 3. The van der Waals surface area contributed by atoms with Crippen LogP contribution in [-0.2, 0) is 4.74 Å². The minimum Gasteiger partial charge on any atom is -0.394 e. The van der Waals surface area contributed by atoms with Crippen molar-refractivity contribution in [2.75, 3.05) is 6.61 Å². The van der Waals surface area contributed by atoms with E-state index in [9.17, 15) is 10.2 Å². The van der Waals surface area contributed by atoms with Crippen LogP contribution in [0.1, 0.15) is 6.23 Å². The van der Waals surface area contributed by atoms with E-state index in [4.69, 9.17) is 22.1 Å². The highest BCUT2D eigenvalue weighted by molar-refractivity contribution is 9.10. The molecule has 0 bridgehead atoms. The van der Waals surface area contributed by atoms with Gasteiger partial charge in [-0.15, -0.1) is 0 Å². The Balaban J connectivity index is 2.12. The molecule has 0 spiro atoms. The lowest BCUT2D eigenvalue weighted by Gasteiger charge is -2.17. The number of aromatic amines is 1. The summed E-state index contributed by atoms with van der Waals surface area (Å²) >= 11 is 8.55. The van der Waals surface area contributed by atoms with Crippen LogP contribution >= 0.6 is 28.1 Å². The number of aliphatic hydroxyl groups excluding tert-OH is 3. The number of hydrogen-bond acceptors (Lipinski definition) is 6. The van der Waals surface area contributed by atoms with E-state index < -0.39 is 24.5 Å². The van der Waals surface area contributed by atoms with Gasteiger partial charge in [-0.3, -0.25) is 0 Å². The van der Waals surface area contributed by atoms with Crippen molar-refractivity contribution in [2.45, 2.75) is 24.5 Å². The second-order valence-corrected chi connectivity index (χ2v) is 5.79. The zero-order chi connectivity index (χ0) is 14.4. The Morgan fingerprint density at radius 1 is 1.45 bits per heavy atom. The van der Waals surface area contributed by atoms with E-state index in [1.807, 2.05) is 0 Å². The maximum Gasteiger partial charge on any atom is 0.164 e. The molecule has 0 saturated carbocycles. The molecule has 0 unspecified atom stereocenters. The normalized spacial score (nSPS) is 30.2. The van der Waals surface area contributed by atoms with E-state index in [1.54, 1.807) is 10.8 Å². The predicted molar refractivity (Wildman–Crippen MR) is 75.6 cm³/mol. The van der Waals surface area contributed by atoms with Crippen molar-refractivity contribution < 1.29 is 20.1 Å². The van der Waals surface area contributed by atoms with Crippen molar-refractivity contribution in [3.63, 3.8) is 0 Å². The summed E-state index contributed by atoms with van der Waals surface area (Å²) in [4.78, 5) is 6.94. The maximum atomic E-state index is 10.1. The first-order valence-electron chi connectivity index (χ1n) is 5.90. The standard InChI is InChI=1S/C11H12BrN3O4S/c12-4-1-15(9-6(4)10(20)14-3-13-9)11-8(18)7(17)5(2-16)19-11/h1,3,5,7-8,11,16-18H,2H2,(H,13,14,20)/t5-,7+,8+,11+/m0/s1. The molecular formula is C11H12BrN3O4S. The molecule has 7 nitrogen and oxygen atoms in total. The maximum absolute atomic E-state index is 10.1. The van der Waals surface area contributed by atoms with Gasteiger partial charge in [0.2, 0.25) is 0 Å². The fourth-order valence-corrected chi connectivity index (χ4v) is 3.36. The first-order chi connectivity index (χ1) is 9.54. The van der Waals surface area contributed by atoms with Crippen molar-refractivity contribution in [1.82, 2.24) is 14.5 Å². The van der Waals surface area contributed by atoms with Crippen LogP contribution in [0.15, 0.2) is 17.0 Å². The number of halogens is 1. The van der Waals surface area contributed by atoms with Gasteiger partial charge < -0.3 is 29.6 Å². The summed E-state index contributed by atoms with van der Waals surface area (Å²) in [6, 6.07) is 0. The fraction of sp³-hybridized carbons (Fsp3) is 0.455. The molecular weight excluding hydrogens is 350 g/mol. The molecule has 0 aliphatic carbocycles. The molecule has 0 aromatic carbocycles. The number of ether oxygens (including phenoxy) is 1. The van der Waals surface area contributed by atoms with Crippen LogP contribution in [0.2, 0.25) is 0 Å². The van der Waals surface area contributed by atoms with Gasteiger partial charge in [0.15, 0.2) is 6.23 Å². The highest BCUT2D eigenvalue weighted by atomic mass is 79.9. The number of nitrogens with zero attached hydrogens (tertiary/aromatic N) is 2. The molecule has 0 radical (unpaired) electrons. The monoisotopic (exact) mass is 361 g/mol. The number of rotatable bonds is 2. The average molecular weight is 362 g/mol. The van der Waals surface area contributed by atoms with Crippen LogP contribution in [-0.4, -0.2) is 54.8 Å². The summed E-state index contributed by atoms with van der Waals surface area (Å²) in [7, 11) is 0. The lowest BCUT2D eigenvalue weighted by molar-refractivity contribution is -0.0509. The molecule has 2 aromatic rings. The van der Waals surface area contributed by atoms with Gasteiger partial charge in [-0.25, -0.2) is 4.98 Å². The fourth-order valence-electron chi connectivity index (χ4n) is 2.37. The molecule has 0 amide bonds. The molecule has 4 N–H and O–H groups in total. The molecule has 3 rings (SSSR count). The van der Waals surface area contributed by atoms with Gasteiger partial charge >= 0.3 is 0 Å². The third-order valence-electron chi connectivity index (χ3n) is 3.37. The molecule has 1 saturated heterocycles. The van der Waals surface area contributed by atoms with Crippen molar-refractivity contribution in [1.29, 1.82) is 0 Å². The number of nitrogens with one attached hydrogen (secondary N) is 1. The van der Waals surface area contributed by atoms with E-state index in [2.05, 4.69) is 25.9 Å². The Labute approximate surface area is 127 Å². The molecule has 2 aromatic heterocycles. The summed E-state index contributed by atoms with van der Waals surface area (Å²) in [6.07, 6.45) is -0.788.